The Hall–Kier alpha value is -2.53. The topological polar surface area (TPSA) is 84.3 Å². The van der Waals surface area contributed by atoms with Gasteiger partial charge in [-0.2, -0.15) is 9.40 Å². The highest BCUT2D eigenvalue weighted by Gasteiger charge is 2.28. The van der Waals surface area contributed by atoms with Crippen LogP contribution in [-0.4, -0.2) is 41.5 Å². The molecule has 32 heavy (non-hydrogen) atoms. The van der Waals surface area contributed by atoms with Crippen molar-refractivity contribution in [2.75, 3.05) is 13.1 Å². The maximum Gasteiger partial charge on any atom is 0.261 e. The van der Waals surface area contributed by atoms with Crippen LogP contribution in [0.15, 0.2) is 52.7 Å². The number of hydrogen-bond donors (Lipinski definition) is 1. The predicted molar refractivity (Wildman–Crippen MR) is 127 cm³/mol. The fraction of sp³-hybridized carbons (Fsp3) is 0.273. The number of nitrogens with zero attached hydrogens (tertiary/aromatic N) is 3. The van der Waals surface area contributed by atoms with Crippen molar-refractivity contribution in [3.05, 3.63) is 64.0 Å². The Morgan fingerprint density at radius 3 is 2.59 bits per heavy atom. The van der Waals surface area contributed by atoms with Gasteiger partial charge in [-0.25, -0.2) is 13.1 Å². The summed E-state index contributed by atoms with van der Waals surface area (Å²) in [5.41, 5.74) is 1.82. The molecule has 1 fully saturated rings. The molecule has 0 unspecified atom stereocenters. The zero-order valence-electron chi connectivity index (χ0n) is 17.4. The van der Waals surface area contributed by atoms with Gasteiger partial charge in [0.05, 0.1) is 22.8 Å². The molecule has 1 saturated heterocycles. The Labute approximate surface area is 194 Å². The summed E-state index contributed by atoms with van der Waals surface area (Å²) >= 11 is 2.62. The Morgan fingerprint density at radius 1 is 1.09 bits per heavy atom. The van der Waals surface area contributed by atoms with Crippen molar-refractivity contribution in [1.82, 2.24) is 19.4 Å². The van der Waals surface area contributed by atoms with Crippen LogP contribution in [0.25, 0.3) is 15.9 Å². The lowest BCUT2D eigenvalue weighted by atomic mass is 10.3. The molecule has 0 atom stereocenters. The van der Waals surface area contributed by atoms with Crippen LogP contribution < -0.4 is 5.32 Å². The molecule has 1 amide bonds. The largest absolute Gasteiger partial charge is 0.346 e. The number of carbonyl (C=O) groups excluding carboxylic acids is 1. The van der Waals surface area contributed by atoms with Crippen LogP contribution >= 0.6 is 22.7 Å². The molecule has 3 aromatic heterocycles. The molecule has 0 saturated carbocycles. The number of aromatic nitrogens is 2. The Balaban J connectivity index is 1.31. The number of benzene rings is 1. The van der Waals surface area contributed by atoms with E-state index in [9.17, 15) is 13.2 Å². The third-order valence-electron chi connectivity index (χ3n) is 5.49. The van der Waals surface area contributed by atoms with E-state index in [1.807, 2.05) is 48.0 Å². The quantitative estimate of drug-likeness (QED) is 0.443. The van der Waals surface area contributed by atoms with Gasteiger partial charge in [-0.05, 0) is 50.1 Å². The number of rotatable bonds is 6. The fourth-order valence-corrected chi connectivity index (χ4v) is 7.87. The number of amides is 1. The highest BCUT2D eigenvalue weighted by atomic mass is 32.2. The minimum absolute atomic E-state index is 0.178. The molecule has 1 aliphatic rings. The molecular weight excluding hydrogens is 464 g/mol. The molecule has 4 heterocycles. The van der Waals surface area contributed by atoms with Crippen LogP contribution in [0.1, 0.15) is 33.1 Å². The van der Waals surface area contributed by atoms with E-state index in [1.54, 1.807) is 12.1 Å². The zero-order chi connectivity index (χ0) is 22.3. The molecule has 0 spiro atoms. The first-order valence-electron chi connectivity index (χ1n) is 10.3. The lowest BCUT2D eigenvalue weighted by Gasteiger charge is -2.13. The van der Waals surface area contributed by atoms with Gasteiger partial charge in [0.1, 0.15) is 9.04 Å². The van der Waals surface area contributed by atoms with Gasteiger partial charge in [-0.15, -0.1) is 22.7 Å². The van der Waals surface area contributed by atoms with E-state index >= 15 is 0 Å². The number of carbonyl (C=O) groups is 1. The van der Waals surface area contributed by atoms with Crippen LogP contribution in [0.3, 0.4) is 0 Å². The monoisotopic (exact) mass is 486 g/mol. The number of nitrogens with one attached hydrogen (secondary N) is 1. The summed E-state index contributed by atoms with van der Waals surface area (Å²) in [5.74, 6) is -0.178. The molecule has 0 aliphatic carbocycles. The van der Waals surface area contributed by atoms with Crippen LogP contribution in [0.2, 0.25) is 0 Å². The summed E-state index contributed by atoms with van der Waals surface area (Å²) in [7, 11) is -3.42. The van der Waals surface area contributed by atoms with Gasteiger partial charge in [0.25, 0.3) is 15.9 Å². The van der Waals surface area contributed by atoms with Crippen LogP contribution in [0, 0.1) is 6.92 Å². The van der Waals surface area contributed by atoms with E-state index < -0.39 is 10.0 Å². The minimum Gasteiger partial charge on any atom is -0.346 e. The highest BCUT2D eigenvalue weighted by Crippen LogP contribution is 2.31. The van der Waals surface area contributed by atoms with Gasteiger partial charge in [-0.1, -0.05) is 18.2 Å². The minimum atomic E-state index is -3.42. The molecule has 166 valence electrons. The molecule has 10 heteroatoms. The van der Waals surface area contributed by atoms with E-state index in [0.29, 0.717) is 22.2 Å². The van der Waals surface area contributed by atoms with Crippen molar-refractivity contribution in [1.29, 1.82) is 0 Å². The number of sulfonamides is 1. The predicted octanol–water partition coefficient (Wildman–Crippen LogP) is 4.17. The standard InChI is InChI=1S/C22H22N4O3S3/c1-15-18-13-19(31-22(18)26(24-15)16-7-3-2-4-8-16)21(27)23-14-17-9-10-20(30-17)32(28,29)25-11-5-6-12-25/h2-4,7-10,13H,5-6,11-12,14H2,1H3,(H,23,27). The first kappa shape index (κ1) is 21.3. The maximum atomic E-state index is 12.8. The summed E-state index contributed by atoms with van der Waals surface area (Å²) in [6.07, 6.45) is 1.81. The van der Waals surface area contributed by atoms with Gasteiger partial charge in [0, 0.05) is 23.4 Å². The van der Waals surface area contributed by atoms with Crippen molar-refractivity contribution in [2.24, 2.45) is 0 Å². The average molecular weight is 487 g/mol. The smallest absolute Gasteiger partial charge is 0.261 e. The summed E-state index contributed by atoms with van der Waals surface area (Å²) < 4.78 is 29.1. The summed E-state index contributed by atoms with van der Waals surface area (Å²) in [4.78, 5) is 15.1. The first-order chi connectivity index (χ1) is 15.4. The Bertz CT molecular complexity index is 1380. The molecule has 7 nitrogen and oxygen atoms in total. The highest BCUT2D eigenvalue weighted by molar-refractivity contribution is 7.91. The molecule has 4 aromatic rings. The zero-order valence-corrected chi connectivity index (χ0v) is 19.9. The normalized spacial score (nSPS) is 14.9. The van der Waals surface area contributed by atoms with E-state index in [0.717, 1.165) is 39.3 Å². The number of para-hydroxylation sites is 1. The lowest BCUT2D eigenvalue weighted by Crippen LogP contribution is -2.27. The number of hydrogen-bond acceptors (Lipinski definition) is 6. The van der Waals surface area contributed by atoms with Gasteiger partial charge in [0.15, 0.2) is 0 Å². The molecule has 1 aromatic carbocycles. The first-order valence-corrected chi connectivity index (χ1v) is 13.4. The van der Waals surface area contributed by atoms with E-state index in [-0.39, 0.29) is 12.5 Å². The summed E-state index contributed by atoms with van der Waals surface area (Å²) in [6.45, 7) is 3.39. The number of aryl methyl sites for hydroxylation is 1. The fourth-order valence-electron chi connectivity index (χ4n) is 3.81. The van der Waals surface area contributed by atoms with Crippen LogP contribution in [-0.2, 0) is 16.6 Å². The summed E-state index contributed by atoms with van der Waals surface area (Å²) in [5, 5.41) is 8.49. The average Bonchev–Trinajstić information content (AvgIpc) is 3.58. The second-order valence-electron chi connectivity index (χ2n) is 7.68. The van der Waals surface area contributed by atoms with E-state index in [1.165, 1.54) is 27.0 Å². The second-order valence-corrected chi connectivity index (χ2v) is 12.0. The van der Waals surface area contributed by atoms with Crippen molar-refractivity contribution in [3.63, 3.8) is 0 Å². The van der Waals surface area contributed by atoms with Crippen molar-refractivity contribution in [3.8, 4) is 5.69 Å². The van der Waals surface area contributed by atoms with Gasteiger partial charge in [-0.3, -0.25) is 4.79 Å². The van der Waals surface area contributed by atoms with Crippen LogP contribution in [0.4, 0.5) is 0 Å². The van der Waals surface area contributed by atoms with Crippen LogP contribution in [0.5, 0.6) is 0 Å². The molecule has 1 aliphatic heterocycles. The SMILES string of the molecule is Cc1nn(-c2ccccc2)c2sc(C(=O)NCc3ccc(S(=O)(=O)N4CCCC4)s3)cc12. The maximum absolute atomic E-state index is 12.8. The van der Waals surface area contributed by atoms with E-state index in [4.69, 9.17) is 0 Å². The number of fused-ring (bicyclic) bond motifs is 1. The van der Waals surface area contributed by atoms with Gasteiger partial charge < -0.3 is 5.32 Å². The van der Waals surface area contributed by atoms with Crippen molar-refractivity contribution in [2.45, 2.75) is 30.5 Å². The van der Waals surface area contributed by atoms with Gasteiger partial charge in [0.2, 0.25) is 0 Å². The summed E-state index contributed by atoms with van der Waals surface area (Å²) in [6, 6.07) is 15.1. The molecule has 0 radical (unpaired) electrons. The third-order valence-corrected chi connectivity index (χ3v) is 10.0. The van der Waals surface area contributed by atoms with Crippen molar-refractivity contribution >= 4 is 48.8 Å². The lowest BCUT2D eigenvalue weighted by molar-refractivity contribution is 0.0955. The molecule has 1 N–H and O–H groups in total. The Kier molecular flexibility index (Phi) is 5.62. The molecular formula is C22H22N4O3S3. The van der Waals surface area contributed by atoms with Crippen molar-refractivity contribution < 1.29 is 13.2 Å². The van der Waals surface area contributed by atoms with Gasteiger partial charge >= 0.3 is 0 Å². The molecule has 0 bridgehead atoms. The number of thiophene rings is 2. The second kappa shape index (κ2) is 8.43. The Morgan fingerprint density at radius 2 is 1.84 bits per heavy atom. The molecule has 5 rings (SSSR count). The third kappa shape index (κ3) is 3.88. The van der Waals surface area contributed by atoms with E-state index in [2.05, 4.69) is 10.4 Å².